The number of benzene rings is 1. The van der Waals surface area contributed by atoms with E-state index in [0.29, 0.717) is 44.3 Å². The molecule has 6 nitrogen and oxygen atoms in total. The van der Waals surface area contributed by atoms with Crippen molar-refractivity contribution in [2.75, 3.05) is 26.8 Å². The van der Waals surface area contributed by atoms with Crippen molar-refractivity contribution in [1.82, 2.24) is 14.8 Å². The van der Waals surface area contributed by atoms with E-state index in [1.165, 1.54) is 0 Å². The van der Waals surface area contributed by atoms with Gasteiger partial charge in [-0.3, -0.25) is 9.59 Å². The highest BCUT2D eigenvalue weighted by atomic mass is 16.5. The first kappa shape index (κ1) is 20.4. The average molecular weight is 386 g/mol. The molecule has 0 saturated heterocycles. The summed E-state index contributed by atoms with van der Waals surface area (Å²) >= 11 is 0. The van der Waals surface area contributed by atoms with Crippen LogP contribution in [-0.2, 0) is 16.1 Å². The molecule has 0 bridgehead atoms. The minimum atomic E-state index is -0.934. The van der Waals surface area contributed by atoms with E-state index in [0.717, 1.165) is 17.3 Å². The standard InChI is InChI=1S/C22H31N3O3/c1-16(2)10-11-23-21(27)22(3)15-24-18-9-6-5-8-17(18)14-19(24)20(26)25(22)12-7-13-28-4/h5-6,8-9,14,16H,7,10-13,15H2,1-4H3,(H,23,27)/t22-/m1/s1. The number of rotatable bonds is 8. The number of ether oxygens (including phenoxy) is 1. The topological polar surface area (TPSA) is 63.6 Å². The molecule has 2 heterocycles. The van der Waals surface area contributed by atoms with Gasteiger partial charge in [-0.05, 0) is 37.8 Å². The fraction of sp³-hybridized carbons (Fsp3) is 0.545. The number of hydrogen-bond acceptors (Lipinski definition) is 3. The quantitative estimate of drug-likeness (QED) is 0.711. The smallest absolute Gasteiger partial charge is 0.271 e. The number of aromatic nitrogens is 1. The van der Waals surface area contributed by atoms with Crippen LogP contribution in [0.3, 0.4) is 0 Å². The second-order valence-corrected chi connectivity index (χ2v) is 8.19. The summed E-state index contributed by atoms with van der Waals surface area (Å²) < 4.78 is 7.15. The number of amides is 2. The Bertz CT molecular complexity index is 858. The molecule has 2 aromatic rings. The van der Waals surface area contributed by atoms with Crippen LogP contribution in [0.4, 0.5) is 0 Å². The van der Waals surface area contributed by atoms with Crippen LogP contribution >= 0.6 is 0 Å². The molecule has 1 aliphatic heterocycles. The molecule has 0 fully saturated rings. The van der Waals surface area contributed by atoms with Crippen LogP contribution in [-0.4, -0.2) is 53.6 Å². The van der Waals surface area contributed by atoms with Crippen molar-refractivity contribution in [2.45, 2.75) is 45.7 Å². The molecule has 152 valence electrons. The monoisotopic (exact) mass is 385 g/mol. The van der Waals surface area contributed by atoms with Crippen LogP contribution < -0.4 is 5.32 Å². The maximum Gasteiger partial charge on any atom is 0.271 e. The highest BCUT2D eigenvalue weighted by molar-refractivity contribution is 6.03. The lowest BCUT2D eigenvalue weighted by Crippen LogP contribution is -2.64. The summed E-state index contributed by atoms with van der Waals surface area (Å²) in [5.41, 5.74) is 0.700. The number of fused-ring (bicyclic) bond motifs is 3. The summed E-state index contributed by atoms with van der Waals surface area (Å²) in [6.45, 7) is 8.24. The Labute approximate surface area is 166 Å². The van der Waals surface area contributed by atoms with Crippen molar-refractivity contribution in [3.8, 4) is 0 Å². The normalized spacial score (nSPS) is 19.3. The molecule has 3 rings (SSSR count). The molecule has 0 saturated carbocycles. The molecule has 0 aliphatic carbocycles. The van der Waals surface area contributed by atoms with Crippen molar-refractivity contribution >= 4 is 22.7 Å². The fourth-order valence-corrected chi connectivity index (χ4v) is 3.89. The second kappa shape index (κ2) is 8.35. The van der Waals surface area contributed by atoms with Gasteiger partial charge < -0.3 is 19.5 Å². The van der Waals surface area contributed by atoms with Gasteiger partial charge in [0.2, 0.25) is 5.91 Å². The van der Waals surface area contributed by atoms with E-state index in [1.54, 1.807) is 12.0 Å². The average Bonchev–Trinajstić information content (AvgIpc) is 3.03. The van der Waals surface area contributed by atoms with Crippen LogP contribution in [0.5, 0.6) is 0 Å². The Morgan fingerprint density at radius 2 is 2.07 bits per heavy atom. The summed E-state index contributed by atoms with van der Waals surface area (Å²) in [6, 6.07) is 9.86. The molecule has 1 N–H and O–H groups in total. The number of hydrogen-bond donors (Lipinski definition) is 1. The van der Waals surface area contributed by atoms with Gasteiger partial charge >= 0.3 is 0 Å². The van der Waals surface area contributed by atoms with Gasteiger partial charge in [-0.25, -0.2) is 0 Å². The lowest BCUT2D eigenvalue weighted by atomic mass is 9.94. The Morgan fingerprint density at radius 1 is 1.32 bits per heavy atom. The fourth-order valence-electron chi connectivity index (χ4n) is 3.89. The van der Waals surface area contributed by atoms with E-state index in [2.05, 4.69) is 19.2 Å². The van der Waals surface area contributed by atoms with E-state index in [-0.39, 0.29) is 11.8 Å². The zero-order valence-electron chi connectivity index (χ0n) is 17.3. The van der Waals surface area contributed by atoms with Crippen molar-refractivity contribution in [2.24, 2.45) is 5.92 Å². The zero-order valence-corrected chi connectivity index (χ0v) is 17.3. The van der Waals surface area contributed by atoms with Crippen LogP contribution in [0, 0.1) is 5.92 Å². The number of methoxy groups -OCH3 is 1. The van der Waals surface area contributed by atoms with Crippen LogP contribution in [0.15, 0.2) is 30.3 Å². The molecule has 0 spiro atoms. The van der Waals surface area contributed by atoms with Crippen molar-refractivity contribution < 1.29 is 14.3 Å². The number of carbonyl (C=O) groups excluding carboxylic acids is 2. The summed E-state index contributed by atoms with van der Waals surface area (Å²) in [5, 5.41) is 4.08. The van der Waals surface area contributed by atoms with Crippen LogP contribution in [0.1, 0.15) is 44.1 Å². The zero-order chi connectivity index (χ0) is 20.3. The first-order valence-electron chi connectivity index (χ1n) is 10.1. The Hall–Kier alpha value is -2.34. The van der Waals surface area contributed by atoms with Gasteiger partial charge in [-0.2, -0.15) is 0 Å². The predicted molar refractivity (Wildman–Crippen MR) is 110 cm³/mol. The van der Waals surface area contributed by atoms with Crippen molar-refractivity contribution in [3.63, 3.8) is 0 Å². The SMILES string of the molecule is COCCCN1C(=O)c2cc3ccccc3n2C[C@]1(C)C(=O)NCCC(C)C. The summed E-state index contributed by atoms with van der Waals surface area (Å²) in [5.74, 6) is 0.321. The van der Waals surface area contributed by atoms with Gasteiger partial charge in [0.15, 0.2) is 0 Å². The second-order valence-electron chi connectivity index (χ2n) is 8.19. The van der Waals surface area contributed by atoms with Gasteiger partial charge in [0, 0.05) is 37.7 Å². The number of para-hydroxylation sites is 1. The van der Waals surface area contributed by atoms with Gasteiger partial charge in [0.25, 0.3) is 5.91 Å². The third kappa shape index (κ3) is 3.78. The summed E-state index contributed by atoms with van der Waals surface area (Å²) in [4.78, 5) is 28.3. The molecule has 1 aromatic carbocycles. The van der Waals surface area contributed by atoms with Crippen LogP contribution in [0.25, 0.3) is 10.9 Å². The van der Waals surface area contributed by atoms with E-state index < -0.39 is 5.54 Å². The van der Waals surface area contributed by atoms with E-state index in [4.69, 9.17) is 4.74 Å². The number of carbonyl (C=O) groups is 2. The van der Waals surface area contributed by atoms with Gasteiger partial charge in [0.1, 0.15) is 11.2 Å². The molecular formula is C22H31N3O3. The minimum Gasteiger partial charge on any atom is -0.385 e. The third-order valence-electron chi connectivity index (χ3n) is 5.56. The molecule has 1 aliphatic rings. The molecule has 6 heteroatoms. The molecule has 1 atom stereocenters. The first-order valence-corrected chi connectivity index (χ1v) is 10.1. The lowest BCUT2D eigenvalue weighted by molar-refractivity contribution is -0.132. The highest BCUT2D eigenvalue weighted by Crippen LogP contribution is 2.32. The molecular weight excluding hydrogens is 354 g/mol. The molecule has 0 unspecified atom stereocenters. The Morgan fingerprint density at radius 3 is 2.79 bits per heavy atom. The van der Waals surface area contributed by atoms with Crippen molar-refractivity contribution in [1.29, 1.82) is 0 Å². The van der Waals surface area contributed by atoms with Gasteiger partial charge in [-0.15, -0.1) is 0 Å². The highest BCUT2D eigenvalue weighted by Gasteiger charge is 2.47. The van der Waals surface area contributed by atoms with Crippen molar-refractivity contribution in [3.05, 3.63) is 36.0 Å². The summed E-state index contributed by atoms with van der Waals surface area (Å²) in [6.07, 6.45) is 1.61. The number of nitrogens with one attached hydrogen (secondary N) is 1. The van der Waals surface area contributed by atoms with E-state index in [9.17, 15) is 9.59 Å². The predicted octanol–water partition coefficient (Wildman–Crippen LogP) is 3.05. The largest absolute Gasteiger partial charge is 0.385 e. The third-order valence-corrected chi connectivity index (χ3v) is 5.56. The van der Waals surface area contributed by atoms with E-state index in [1.807, 2.05) is 41.8 Å². The molecule has 28 heavy (non-hydrogen) atoms. The number of nitrogens with zero attached hydrogens (tertiary/aromatic N) is 2. The Kier molecular flexibility index (Phi) is 6.08. The Balaban J connectivity index is 1.95. The van der Waals surface area contributed by atoms with Crippen LogP contribution in [0.2, 0.25) is 0 Å². The molecule has 2 amide bonds. The van der Waals surface area contributed by atoms with Gasteiger partial charge in [-0.1, -0.05) is 32.0 Å². The molecule has 0 radical (unpaired) electrons. The van der Waals surface area contributed by atoms with E-state index >= 15 is 0 Å². The summed E-state index contributed by atoms with van der Waals surface area (Å²) in [7, 11) is 1.65. The van der Waals surface area contributed by atoms with Gasteiger partial charge in [0.05, 0.1) is 6.54 Å². The molecule has 1 aromatic heterocycles. The maximum atomic E-state index is 13.4. The minimum absolute atomic E-state index is 0.0950. The lowest BCUT2D eigenvalue weighted by Gasteiger charge is -2.44. The first-order chi connectivity index (χ1) is 13.4. The maximum absolute atomic E-state index is 13.4.